The maximum absolute atomic E-state index is 12.7. The van der Waals surface area contributed by atoms with Gasteiger partial charge in [-0.3, -0.25) is 4.79 Å². The number of rotatable bonds is 4. The highest BCUT2D eigenvalue weighted by molar-refractivity contribution is 7.17. The van der Waals surface area contributed by atoms with Crippen LogP contribution in [0.15, 0.2) is 58.7 Å². The van der Waals surface area contributed by atoms with E-state index in [-0.39, 0.29) is 5.56 Å². The number of halogens is 1. The fraction of sp³-hybridized carbons (Fsp3) is 0.100. The van der Waals surface area contributed by atoms with Gasteiger partial charge in [0.05, 0.1) is 11.9 Å². The number of anilines is 1. The third-order valence-electron chi connectivity index (χ3n) is 4.14. The molecule has 4 nitrogen and oxygen atoms in total. The van der Waals surface area contributed by atoms with Crippen LogP contribution < -0.4 is 10.9 Å². The molecule has 2 aromatic heterocycles. The van der Waals surface area contributed by atoms with Gasteiger partial charge in [-0.15, -0.1) is 11.3 Å². The van der Waals surface area contributed by atoms with Gasteiger partial charge in [0.25, 0.3) is 5.56 Å². The van der Waals surface area contributed by atoms with Gasteiger partial charge in [-0.05, 0) is 30.7 Å². The number of hydrogen-bond donors (Lipinski definition) is 2. The summed E-state index contributed by atoms with van der Waals surface area (Å²) in [5.41, 5.74) is 3.69. The highest BCUT2D eigenvalue weighted by atomic mass is 35.5. The standard InChI is InChI=1S/C20H16ClN3OS/c1-12-5-4-6-13(9-12)22-10-17-23-19(25)18-15(11-26-20(18)24-17)14-7-2-3-8-16(14)21/h2-9,11,22H,10H2,1H3,(H,23,24,25). The quantitative estimate of drug-likeness (QED) is 0.509. The van der Waals surface area contributed by atoms with Crippen molar-refractivity contribution in [2.45, 2.75) is 13.5 Å². The Morgan fingerprint density at radius 1 is 1.15 bits per heavy atom. The van der Waals surface area contributed by atoms with E-state index in [0.29, 0.717) is 27.6 Å². The fourth-order valence-electron chi connectivity index (χ4n) is 2.90. The Labute approximate surface area is 159 Å². The SMILES string of the molecule is Cc1cccc(NCc2nc3scc(-c4ccccc4Cl)c3c(=O)[nH]2)c1. The molecule has 0 spiro atoms. The molecule has 2 N–H and O–H groups in total. The van der Waals surface area contributed by atoms with Crippen LogP contribution in [-0.4, -0.2) is 9.97 Å². The molecule has 0 atom stereocenters. The van der Waals surface area contributed by atoms with E-state index in [1.54, 1.807) is 0 Å². The zero-order chi connectivity index (χ0) is 18.1. The van der Waals surface area contributed by atoms with E-state index in [4.69, 9.17) is 11.6 Å². The van der Waals surface area contributed by atoms with E-state index in [9.17, 15) is 4.79 Å². The summed E-state index contributed by atoms with van der Waals surface area (Å²) in [6.45, 7) is 2.49. The predicted molar refractivity (Wildman–Crippen MR) is 109 cm³/mol. The van der Waals surface area contributed by atoms with Gasteiger partial charge in [0.2, 0.25) is 0 Å². The molecule has 130 valence electrons. The second-order valence-electron chi connectivity index (χ2n) is 6.05. The van der Waals surface area contributed by atoms with Crippen molar-refractivity contribution in [2.24, 2.45) is 0 Å². The van der Waals surface area contributed by atoms with Crippen molar-refractivity contribution in [1.82, 2.24) is 9.97 Å². The van der Waals surface area contributed by atoms with Gasteiger partial charge in [-0.2, -0.15) is 0 Å². The van der Waals surface area contributed by atoms with Crippen LogP contribution in [0.4, 0.5) is 5.69 Å². The van der Waals surface area contributed by atoms with Crippen LogP contribution >= 0.6 is 22.9 Å². The van der Waals surface area contributed by atoms with Crippen molar-refractivity contribution >= 4 is 38.8 Å². The number of thiophene rings is 1. The van der Waals surface area contributed by atoms with Crippen molar-refractivity contribution in [3.05, 3.63) is 80.7 Å². The molecule has 26 heavy (non-hydrogen) atoms. The van der Waals surface area contributed by atoms with Crippen LogP contribution in [0.3, 0.4) is 0 Å². The van der Waals surface area contributed by atoms with Crippen molar-refractivity contribution in [2.75, 3.05) is 5.32 Å². The lowest BCUT2D eigenvalue weighted by Gasteiger charge is -2.07. The Bertz CT molecular complexity index is 1150. The summed E-state index contributed by atoms with van der Waals surface area (Å²) in [4.78, 5) is 20.9. The van der Waals surface area contributed by atoms with E-state index in [0.717, 1.165) is 16.8 Å². The van der Waals surface area contributed by atoms with Gasteiger partial charge in [0, 0.05) is 27.2 Å². The molecule has 0 fully saturated rings. The second-order valence-corrected chi connectivity index (χ2v) is 7.31. The minimum atomic E-state index is -0.146. The van der Waals surface area contributed by atoms with E-state index < -0.39 is 0 Å². The van der Waals surface area contributed by atoms with Crippen LogP contribution in [0.2, 0.25) is 5.02 Å². The Hall–Kier alpha value is -2.63. The molecule has 0 unspecified atom stereocenters. The molecule has 6 heteroatoms. The van der Waals surface area contributed by atoms with Gasteiger partial charge in [-0.1, -0.05) is 41.9 Å². The summed E-state index contributed by atoms with van der Waals surface area (Å²) in [6, 6.07) is 15.6. The molecule has 2 heterocycles. The molecule has 2 aromatic carbocycles. The summed E-state index contributed by atoms with van der Waals surface area (Å²) in [6.07, 6.45) is 0. The Balaban J connectivity index is 1.68. The first-order valence-corrected chi connectivity index (χ1v) is 9.43. The number of H-pyrrole nitrogens is 1. The number of nitrogens with one attached hydrogen (secondary N) is 2. The molecule has 0 aliphatic rings. The first kappa shape index (κ1) is 16.8. The van der Waals surface area contributed by atoms with Crippen molar-refractivity contribution < 1.29 is 0 Å². The van der Waals surface area contributed by atoms with Gasteiger partial charge in [0.15, 0.2) is 0 Å². The second kappa shape index (κ2) is 6.94. The van der Waals surface area contributed by atoms with Crippen LogP contribution in [0.25, 0.3) is 21.3 Å². The average molecular weight is 382 g/mol. The molecule has 0 aliphatic carbocycles. The van der Waals surface area contributed by atoms with Crippen molar-refractivity contribution in [3.63, 3.8) is 0 Å². The van der Waals surface area contributed by atoms with Crippen LogP contribution in [-0.2, 0) is 6.54 Å². The number of aryl methyl sites for hydroxylation is 1. The molecule has 0 aliphatic heterocycles. The smallest absolute Gasteiger partial charge is 0.260 e. The molecular formula is C20H16ClN3OS. The van der Waals surface area contributed by atoms with Crippen molar-refractivity contribution in [3.8, 4) is 11.1 Å². The zero-order valence-electron chi connectivity index (χ0n) is 14.0. The minimum Gasteiger partial charge on any atom is -0.378 e. The lowest BCUT2D eigenvalue weighted by Crippen LogP contribution is -2.14. The summed E-state index contributed by atoms with van der Waals surface area (Å²) < 4.78 is 0. The number of hydrogen-bond acceptors (Lipinski definition) is 4. The Kier molecular flexibility index (Phi) is 4.49. The number of nitrogens with zero attached hydrogens (tertiary/aromatic N) is 1. The lowest BCUT2D eigenvalue weighted by atomic mass is 10.1. The molecule has 0 radical (unpaired) electrons. The number of aromatic amines is 1. The van der Waals surface area contributed by atoms with E-state index in [1.165, 1.54) is 16.9 Å². The lowest BCUT2D eigenvalue weighted by molar-refractivity contribution is 0.957. The van der Waals surface area contributed by atoms with Gasteiger partial charge in [-0.25, -0.2) is 4.98 Å². The summed E-state index contributed by atoms with van der Waals surface area (Å²) in [7, 11) is 0. The maximum atomic E-state index is 12.7. The summed E-state index contributed by atoms with van der Waals surface area (Å²) >= 11 is 7.74. The van der Waals surface area contributed by atoms with Gasteiger partial charge in [0.1, 0.15) is 10.7 Å². The van der Waals surface area contributed by atoms with E-state index in [2.05, 4.69) is 21.4 Å². The zero-order valence-corrected chi connectivity index (χ0v) is 15.6. The molecule has 0 bridgehead atoms. The van der Waals surface area contributed by atoms with E-state index in [1.807, 2.05) is 54.8 Å². The summed E-state index contributed by atoms with van der Waals surface area (Å²) in [5, 5.41) is 6.44. The molecule has 0 saturated heterocycles. The molecule has 4 rings (SSSR count). The molecular weight excluding hydrogens is 366 g/mol. The molecule has 0 amide bonds. The maximum Gasteiger partial charge on any atom is 0.260 e. The topological polar surface area (TPSA) is 57.8 Å². The molecule has 0 saturated carbocycles. The number of fused-ring (bicyclic) bond motifs is 1. The first-order chi connectivity index (χ1) is 12.6. The van der Waals surface area contributed by atoms with Crippen LogP contribution in [0, 0.1) is 6.92 Å². The number of aromatic nitrogens is 2. The summed E-state index contributed by atoms with van der Waals surface area (Å²) in [5.74, 6) is 0.608. The van der Waals surface area contributed by atoms with Crippen LogP contribution in [0.5, 0.6) is 0 Å². The Morgan fingerprint density at radius 3 is 2.81 bits per heavy atom. The van der Waals surface area contributed by atoms with Gasteiger partial charge >= 0.3 is 0 Å². The third-order valence-corrected chi connectivity index (χ3v) is 5.34. The van der Waals surface area contributed by atoms with E-state index >= 15 is 0 Å². The minimum absolute atomic E-state index is 0.146. The third kappa shape index (κ3) is 3.23. The number of benzene rings is 2. The van der Waals surface area contributed by atoms with Crippen LogP contribution in [0.1, 0.15) is 11.4 Å². The van der Waals surface area contributed by atoms with Crippen molar-refractivity contribution in [1.29, 1.82) is 0 Å². The highest BCUT2D eigenvalue weighted by Gasteiger charge is 2.14. The highest BCUT2D eigenvalue weighted by Crippen LogP contribution is 2.34. The predicted octanol–water partition coefficient (Wildman–Crippen LogP) is 5.23. The monoisotopic (exact) mass is 381 g/mol. The molecule has 4 aromatic rings. The average Bonchev–Trinajstić information content (AvgIpc) is 3.05. The van der Waals surface area contributed by atoms with Gasteiger partial charge < -0.3 is 10.3 Å². The Morgan fingerprint density at radius 2 is 2.00 bits per heavy atom. The normalized spacial score (nSPS) is 11.0. The first-order valence-electron chi connectivity index (χ1n) is 8.17. The largest absolute Gasteiger partial charge is 0.378 e. The fourth-order valence-corrected chi connectivity index (χ4v) is 4.09.